The van der Waals surface area contributed by atoms with Crippen molar-refractivity contribution in [3.8, 4) is 11.5 Å². The van der Waals surface area contributed by atoms with E-state index in [0.29, 0.717) is 12.3 Å². The van der Waals surface area contributed by atoms with E-state index in [4.69, 9.17) is 4.42 Å². The number of carbonyl (C=O) groups excluding carboxylic acids is 1. The summed E-state index contributed by atoms with van der Waals surface area (Å²) in [6, 6.07) is 13.8. The molecular formula is C18H15NO2. The van der Waals surface area contributed by atoms with Gasteiger partial charge in [0.2, 0.25) is 5.89 Å². The van der Waals surface area contributed by atoms with Crippen LogP contribution in [0.15, 0.2) is 46.9 Å². The first-order valence-corrected chi connectivity index (χ1v) is 7.08. The lowest BCUT2D eigenvalue weighted by Gasteiger charge is -2.16. The van der Waals surface area contributed by atoms with Gasteiger partial charge in [-0.05, 0) is 49.2 Å². The zero-order valence-electron chi connectivity index (χ0n) is 12.0. The topological polar surface area (TPSA) is 43.1 Å². The van der Waals surface area contributed by atoms with Crippen molar-refractivity contribution < 1.29 is 9.21 Å². The highest BCUT2D eigenvalue weighted by atomic mass is 16.3. The van der Waals surface area contributed by atoms with Gasteiger partial charge < -0.3 is 4.42 Å². The lowest BCUT2D eigenvalue weighted by atomic mass is 9.85. The third-order valence-corrected chi connectivity index (χ3v) is 4.36. The van der Waals surface area contributed by atoms with E-state index in [2.05, 4.69) is 4.98 Å². The maximum absolute atomic E-state index is 12.1. The van der Waals surface area contributed by atoms with Gasteiger partial charge in [0.15, 0.2) is 5.58 Å². The van der Waals surface area contributed by atoms with E-state index in [-0.39, 0.29) is 5.78 Å². The van der Waals surface area contributed by atoms with Crippen molar-refractivity contribution in [1.82, 2.24) is 4.98 Å². The van der Waals surface area contributed by atoms with Crippen molar-refractivity contribution in [2.24, 2.45) is 0 Å². The van der Waals surface area contributed by atoms with Crippen LogP contribution in [0.5, 0.6) is 0 Å². The molecule has 0 atom stereocenters. The van der Waals surface area contributed by atoms with Crippen LogP contribution in [-0.2, 0) is 16.6 Å². The predicted molar refractivity (Wildman–Crippen MR) is 81.2 cm³/mol. The molecule has 3 nitrogen and oxygen atoms in total. The second kappa shape index (κ2) is 4.04. The van der Waals surface area contributed by atoms with Gasteiger partial charge in [-0.3, -0.25) is 4.79 Å². The number of rotatable bonds is 1. The Kier molecular flexibility index (Phi) is 2.37. The lowest BCUT2D eigenvalue weighted by molar-refractivity contribution is -0.121. The second-order valence-electron chi connectivity index (χ2n) is 6.09. The number of hydrogen-bond donors (Lipinski definition) is 0. The summed E-state index contributed by atoms with van der Waals surface area (Å²) in [6.07, 6.45) is 0.486. The Morgan fingerprint density at radius 1 is 1.14 bits per heavy atom. The first kappa shape index (κ1) is 12.3. The molecule has 1 aliphatic carbocycles. The molecule has 0 saturated carbocycles. The highest BCUT2D eigenvalue weighted by Gasteiger charge is 2.38. The van der Waals surface area contributed by atoms with Gasteiger partial charge in [-0.1, -0.05) is 18.2 Å². The summed E-state index contributed by atoms with van der Waals surface area (Å²) in [4.78, 5) is 16.7. The molecule has 1 aliphatic rings. The molecule has 0 amide bonds. The zero-order valence-corrected chi connectivity index (χ0v) is 12.0. The molecule has 0 spiro atoms. The highest BCUT2D eigenvalue weighted by molar-refractivity contribution is 5.98. The van der Waals surface area contributed by atoms with Crippen LogP contribution in [0.2, 0.25) is 0 Å². The highest BCUT2D eigenvalue weighted by Crippen LogP contribution is 2.38. The van der Waals surface area contributed by atoms with Crippen molar-refractivity contribution in [2.75, 3.05) is 0 Å². The van der Waals surface area contributed by atoms with Crippen LogP contribution >= 0.6 is 0 Å². The number of oxazole rings is 1. The number of aromatic nitrogens is 1. The summed E-state index contributed by atoms with van der Waals surface area (Å²) in [5.41, 5.74) is 4.24. The third-order valence-electron chi connectivity index (χ3n) is 4.36. The largest absolute Gasteiger partial charge is 0.436 e. The van der Waals surface area contributed by atoms with Crippen LogP contribution < -0.4 is 0 Å². The fourth-order valence-corrected chi connectivity index (χ4v) is 2.99. The van der Waals surface area contributed by atoms with E-state index < -0.39 is 5.41 Å². The van der Waals surface area contributed by atoms with E-state index in [1.165, 1.54) is 0 Å². The first-order valence-electron chi connectivity index (χ1n) is 7.08. The molecule has 0 saturated heterocycles. The van der Waals surface area contributed by atoms with Gasteiger partial charge in [0.1, 0.15) is 11.3 Å². The van der Waals surface area contributed by atoms with E-state index in [9.17, 15) is 4.79 Å². The van der Waals surface area contributed by atoms with E-state index >= 15 is 0 Å². The van der Waals surface area contributed by atoms with E-state index in [1.54, 1.807) is 0 Å². The van der Waals surface area contributed by atoms with Crippen LogP contribution in [0.3, 0.4) is 0 Å². The summed E-state index contributed by atoms with van der Waals surface area (Å²) in [5.74, 6) is 0.881. The Balaban J connectivity index is 1.90. The molecule has 4 rings (SSSR count). The number of carbonyl (C=O) groups is 1. The molecule has 0 radical (unpaired) electrons. The van der Waals surface area contributed by atoms with Gasteiger partial charge in [-0.2, -0.15) is 0 Å². The summed E-state index contributed by atoms with van der Waals surface area (Å²) in [7, 11) is 0. The summed E-state index contributed by atoms with van der Waals surface area (Å²) < 4.78 is 5.86. The van der Waals surface area contributed by atoms with Crippen LogP contribution in [0.4, 0.5) is 0 Å². The standard InChI is InChI=1S/C18H15NO2/c1-18(2)13-10-14-15(8-12(13)9-16(18)20)21-17(19-14)11-6-4-3-5-7-11/h3-8,10H,9H2,1-2H3. The number of Topliss-reactive ketones (excluding diaryl/α,β-unsaturated/α-hetero) is 1. The number of fused-ring (bicyclic) bond motifs is 2. The summed E-state index contributed by atoms with van der Waals surface area (Å²) >= 11 is 0. The van der Waals surface area contributed by atoms with Crippen molar-refractivity contribution >= 4 is 16.9 Å². The number of hydrogen-bond acceptors (Lipinski definition) is 3. The molecular weight excluding hydrogens is 262 g/mol. The minimum Gasteiger partial charge on any atom is -0.436 e. The van der Waals surface area contributed by atoms with Crippen LogP contribution in [0.1, 0.15) is 25.0 Å². The SMILES string of the molecule is CC1(C)C(=O)Cc2cc3oc(-c4ccccc4)nc3cc21. The zero-order chi connectivity index (χ0) is 14.6. The third kappa shape index (κ3) is 1.74. The lowest BCUT2D eigenvalue weighted by Crippen LogP contribution is -2.23. The van der Waals surface area contributed by atoms with Crippen LogP contribution in [0.25, 0.3) is 22.6 Å². The van der Waals surface area contributed by atoms with Gasteiger partial charge in [-0.25, -0.2) is 4.98 Å². The maximum Gasteiger partial charge on any atom is 0.227 e. The molecule has 21 heavy (non-hydrogen) atoms. The number of benzene rings is 2. The van der Waals surface area contributed by atoms with Crippen molar-refractivity contribution in [2.45, 2.75) is 25.7 Å². The molecule has 3 heteroatoms. The van der Waals surface area contributed by atoms with Crippen LogP contribution in [0, 0.1) is 0 Å². The average Bonchev–Trinajstić information content (AvgIpc) is 2.98. The second-order valence-corrected chi connectivity index (χ2v) is 6.09. The van der Waals surface area contributed by atoms with Gasteiger partial charge in [0, 0.05) is 17.4 Å². The predicted octanol–water partition coefficient (Wildman–Crippen LogP) is 3.90. The van der Waals surface area contributed by atoms with Crippen molar-refractivity contribution in [3.63, 3.8) is 0 Å². The van der Waals surface area contributed by atoms with Crippen molar-refractivity contribution in [1.29, 1.82) is 0 Å². The monoisotopic (exact) mass is 277 g/mol. The van der Waals surface area contributed by atoms with E-state index in [0.717, 1.165) is 27.8 Å². The quantitative estimate of drug-likeness (QED) is 0.677. The Bertz CT molecular complexity index is 860. The normalized spacial score (nSPS) is 16.4. The van der Waals surface area contributed by atoms with Gasteiger partial charge in [0.05, 0.1) is 0 Å². The number of ketones is 1. The molecule has 2 aromatic carbocycles. The molecule has 3 aromatic rings. The molecule has 0 unspecified atom stereocenters. The van der Waals surface area contributed by atoms with Gasteiger partial charge >= 0.3 is 0 Å². The van der Waals surface area contributed by atoms with Gasteiger partial charge in [-0.15, -0.1) is 0 Å². The molecule has 0 fully saturated rings. The van der Waals surface area contributed by atoms with Gasteiger partial charge in [0.25, 0.3) is 0 Å². The summed E-state index contributed by atoms with van der Waals surface area (Å²) in [5, 5.41) is 0. The molecule has 0 N–H and O–H groups in total. The summed E-state index contributed by atoms with van der Waals surface area (Å²) in [6.45, 7) is 3.95. The minimum atomic E-state index is -0.421. The molecule has 0 aliphatic heterocycles. The molecule has 1 heterocycles. The Morgan fingerprint density at radius 3 is 2.67 bits per heavy atom. The van der Waals surface area contributed by atoms with Crippen LogP contribution in [-0.4, -0.2) is 10.8 Å². The Labute approximate surface area is 122 Å². The molecule has 1 aromatic heterocycles. The Hall–Kier alpha value is -2.42. The Morgan fingerprint density at radius 2 is 1.90 bits per heavy atom. The average molecular weight is 277 g/mol. The first-order chi connectivity index (χ1) is 10.1. The number of nitrogens with zero attached hydrogens (tertiary/aromatic N) is 1. The molecule has 104 valence electrons. The fraction of sp³-hybridized carbons (Fsp3) is 0.222. The smallest absolute Gasteiger partial charge is 0.227 e. The fourth-order valence-electron chi connectivity index (χ4n) is 2.99. The van der Waals surface area contributed by atoms with Crippen molar-refractivity contribution in [3.05, 3.63) is 53.6 Å². The van der Waals surface area contributed by atoms with E-state index in [1.807, 2.05) is 56.3 Å². The molecule has 0 bridgehead atoms. The maximum atomic E-state index is 12.1. The minimum absolute atomic E-state index is 0.258.